The number of ether oxygens (including phenoxy) is 2. The molecular weight excluding hydrogens is 298 g/mol. The number of hydrogen-bond acceptors (Lipinski definition) is 4. The molecule has 0 aliphatic rings. The normalized spacial score (nSPS) is 10.3. The monoisotopic (exact) mass is 315 g/mol. The number of hydrogen-bond donors (Lipinski definition) is 3. The first-order chi connectivity index (χ1) is 11.1. The first-order valence-corrected chi connectivity index (χ1v) is 6.78. The lowest BCUT2D eigenvalue weighted by molar-refractivity contribution is -0.117. The van der Waals surface area contributed by atoms with Gasteiger partial charge in [-0.25, -0.2) is 0 Å². The van der Waals surface area contributed by atoms with E-state index in [-0.39, 0.29) is 0 Å². The summed E-state index contributed by atoms with van der Waals surface area (Å²) in [7, 11) is 3.09. The Morgan fingerprint density at radius 1 is 1.09 bits per heavy atom. The van der Waals surface area contributed by atoms with Gasteiger partial charge in [-0.15, -0.1) is 0 Å². The van der Waals surface area contributed by atoms with E-state index in [0.717, 1.165) is 5.56 Å². The first-order valence-electron chi connectivity index (χ1n) is 6.78. The molecule has 0 aliphatic carbocycles. The standard InChI is InChI=1S/C16H17N3O4/c1-22-13-7-5-11(10-14(13)23-2)6-8-15(20)18-19-16(21)12-4-3-9-17-12/h3-10,17H,1-2H3,(H,18,20)(H,19,21)/b8-6+. The number of methoxy groups -OCH3 is 2. The van der Waals surface area contributed by atoms with Crippen molar-refractivity contribution in [1.29, 1.82) is 0 Å². The van der Waals surface area contributed by atoms with Crippen LogP contribution in [-0.4, -0.2) is 31.0 Å². The van der Waals surface area contributed by atoms with Gasteiger partial charge in [-0.3, -0.25) is 20.4 Å². The van der Waals surface area contributed by atoms with E-state index in [1.165, 1.54) is 13.2 Å². The third kappa shape index (κ3) is 4.37. The van der Waals surface area contributed by atoms with Crippen molar-refractivity contribution in [1.82, 2.24) is 15.8 Å². The SMILES string of the molecule is COc1ccc(/C=C/C(=O)NNC(=O)c2ccc[nH]2)cc1OC. The molecule has 3 N–H and O–H groups in total. The fourth-order valence-electron chi connectivity index (χ4n) is 1.83. The van der Waals surface area contributed by atoms with E-state index in [0.29, 0.717) is 17.2 Å². The van der Waals surface area contributed by atoms with Crippen LogP contribution in [0.15, 0.2) is 42.6 Å². The summed E-state index contributed by atoms with van der Waals surface area (Å²) in [6.07, 6.45) is 4.52. The number of H-pyrrole nitrogens is 1. The lowest BCUT2D eigenvalue weighted by Crippen LogP contribution is -2.40. The molecule has 23 heavy (non-hydrogen) atoms. The Morgan fingerprint density at radius 3 is 2.52 bits per heavy atom. The third-order valence-corrected chi connectivity index (χ3v) is 2.98. The van der Waals surface area contributed by atoms with Gasteiger partial charge in [-0.05, 0) is 35.9 Å². The molecule has 2 rings (SSSR count). The molecule has 7 nitrogen and oxygen atoms in total. The summed E-state index contributed by atoms with van der Waals surface area (Å²) in [6, 6.07) is 8.54. The highest BCUT2D eigenvalue weighted by atomic mass is 16.5. The minimum atomic E-state index is -0.459. The van der Waals surface area contributed by atoms with Gasteiger partial charge in [0.05, 0.1) is 14.2 Å². The number of hydrazine groups is 1. The minimum absolute atomic E-state index is 0.356. The molecule has 1 aromatic heterocycles. The molecule has 120 valence electrons. The fraction of sp³-hybridized carbons (Fsp3) is 0.125. The lowest BCUT2D eigenvalue weighted by atomic mass is 10.2. The number of carbonyl (C=O) groups is 2. The molecule has 0 saturated heterocycles. The number of benzene rings is 1. The van der Waals surface area contributed by atoms with Gasteiger partial charge < -0.3 is 14.5 Å². The van der Waals surface area contributed by atoms with Crippen LogP contribution in [0.3, 0.4) is 0 Å². The molecule has 0 saturated carbocycles. The van der Waals surface area contributed by atoms with Crippen LogP contribution >= 0.6 is 0 Å². The number of aromatic amines is 1. The number of carbonyl (C=O) groups excluding carboxylic acids is 2. The molecule has 1 heterocycles. The van der Waals surface area contributed by atoms with Crippen LogP contribution in [0.25, 0.3) is 6.08 Å². The van der Waals surface area contributed by atoms with Gasteiger partial charge in [0.15, 0.2) is 11.5 Å². The molecule has 0 radical (unpaired) electrons. The van der Waals surface area contributed by atoms with Crippen LogP contribution in [0.2, 0.25) is 0 Å². The Morgan fingerprint density at radius 2 is 1.87 bits per heavy atom. The van der Waals surface area contributed by atoms with Gasteiger partial charge in [-0.1, -0.05) is 6.07 Å². The van der Waals surface area contributed by atoms with Crippen molar-refractivity contribution in [3.05, 3.63) is 53.9 Å². The van der Waals surface area contributed by atoms with Crippen molar-refractivity contribution in [2.24, 2.45) is 0 Å². The molecule has 0 fully saturated rings. The Balaban J connectivity index is 1.92. The predicted molar refractivity (Wildman–Crippen MR) is 85.0 cm³/mol. The Hall–Kier alpha value is -3.22. The number of aromatic nitrogens is 1. The van der Waals surface area contributed by atoms with Crippen LogP contribution in [0, 0.1) is 0 Å². The third-order valence-electron chi connectivity index (χ3n) is 2.98. The smallest absolute Gasteiger partial charge is 0.286 e. The zero-order chi connectivity index (χ0) is 16.7. The van der Waals surface area contributed by atoms with E-state index in [2.05, 4.69) is 15.8 Å². The predicted octanol–water partition coefficient (Wildman–Crippen LogP) is 1.51. The van der Waals surface area contributed by atoms with Crippen LogP contribution in [0.5, 0.6) is 11.5 Å². The van der Waals surface area contributed by atoms with Crippen molar-refractivity contribution >= 4 is 17.9 Å². The zero-order valence-corrected chi connectivity index (χ0v) is 12.8. The quantitative estimate of drug-likeness (QED) is 0.576. The van der Waals surface area contributed by atoms with Crippen LogP contribution in [0.4, 0.5) is 0 Å². The molecule has 0 atom stereocenters. The van der Waals surface area contributed by atoms with Gasteiger partial charge in [0.1, 0.15) is 5.69 Å². The highest BCUT2D eigenvalue weighted by Crippen LogP contribution is 2.27. The summed E-state index contributed by atoms with van der Waals surface area (Å²) in [5, 5.41) is 0. The molecule has 0 spiro atoms. The van der Waals surface area contributed by atoms with Gasteiger partial charge >= 0.3 is 0 Å². The molecule has 2 amide bonds. The van der Waals surface area contributed by atoms with Gasteiger partial charge in [0, 0.05) is 12.3 Å². The zero-order valence-electron chi connectivity index (χ0n) is 12.8. The van der Waals surface area contributed by atoms with Crippen molar-refractivity contribution in [2.45, 2.75) is 0 Å². The van der Waals surface area contributed by atoms with Crippen LogP contribution < -0.4 is 20.3 Å². The summed E-state index contributed by atoms with van der Waals surface area (Å²) in [5.74, 6) is 0.282. The van der Waals surface area contributed by atoms with Crippen molar-refractivity contribution in [3.8, 4) is 11.5 Å². The van der Waals surface area contributed by atoms with E-state index in [1.54, 1.807) is 49.7 Å². The molecule has 0 aliphatic heterocycles. The molecule has 2 aromatic rings. The number of rotatable bonds is 5. The average Bonchev–Trinajstić information content (AvgIpc) is 3.12. The summed E-state index contributed by atoms with van der Waals surface area (Å²) in [5.41, 5.74) is 5.70. The highest BCUT2D eigenvalue weighted by Gasteiger charge is 2.06. The highest BCUT2D eigenvalue weighted by molar-refractivity contribution is 5.96. The van der Waals surface area contributed by atoms with E-state index in [9.17, 15) is 9.59 Å². The van der Waals surface area contributed by atoms with E-state index < -0.39 is 11.8 Å². The maximum absolute atomic E-state index is 11.7. The Kier molecular flexibility index (Phi) is 5.40. The minimum Gasteiger partial charge on any atom is -0.493 e. The molecule has 0 bridgehead atoms. The molecule has 7 heteroatoms. The summed E-state index contributed by atoms with van der Waals surface area (Å²) in [6.45, 7) is 0. The first kappa shape index (κ1) is 16.2. The second-order valence-corrected chi connectivity index (χ2v) is 4.47. The maximum Gasteiger partial charge on any atom is 0.286 e. The van der Waals surface area contributed by atoms with E-state index in [1.807, 2.05) is 0 Å². The average molecular weight is 315 g/mol. The van der Waals surface area contributed by atoms with Crippen LogP contribution in [0.1, 0.15) is 16.1 Å². The summed E-state index contributed by atoms with van der Waals surface area (Å²) in [4.78, 5) is 26.1. The fourth-order valence-corrected chi connectivity index (χ4v) is 1.83. The Labute approximate surface area is 133 Å². The van der Waals surface area contributed by atoms with Gasteiger partial charge in [0.2, 0.25) is 0 Å². The van der Waals surface area contributed by atoms with Gasteiger partial charge in [0.25, 0.3) is 11.8 Å². The van der Waals surface area contributed by atoms with Crippen LogP contribution in [-0.2, 0) is 4.79 Å². The lowest BCUT2D eigenvalue weighted by Gasteiger charge is -2.07. The maximum atomic E-state index is 11.7. The Bertz CT molecular complexity index is 708. The van der Waals surface area contributed by atoms with E-state index >= 15 is 0 Å². The largest absolute Gasteiger partial charge is 0.493 e. The molecular formula is C16H17N3O4. The van der Waals surface area contributed by atoms with Crippen molar-refractivity contribution in [2.75, 3.05) is 14.2 Å². The second kappa shape index (κ2) is 7.69. The summed E-state index contributed by atoms with van der Waals surface area (Å²) >= 11 is 0. The van der Waals surface area contributed by atoms with E-state index in [4.69, 9.17) is 9.47 Å². The summed E-state index contributed by atoms with van der Waals surface area (Å²) < 4.78 is 10.3. The molecule has 1 aromatic carbocycles. The van der Waals surface area contributed by atoms with Gasteiger partial charge in [-0.2, -0.15) is 0 Å². The number of nitrogens with one attached hydrogen (secondary N) is 3. The topological polar surface area (TPSA) is 92.5 Å². The second-order valence-electron chi connectivity index (χ2n) is 4.47. The number of amides is 2. The van der Waals surface area contributed by atoms with Crippen molar-refractivity contribution < 1.29 is 19.1 Å². The van der Waals surface area contributed by atoms with Crippen molar-refractivity contribution in [3.63, 3.8) is 0 Å². The molecule has 0 unspecified atom stereocenters.